The summed E-state index contributed by atoms with van der Waals surface area (Å²) in [5, 5.41) is 9.70. The topological polar surface area (TPSA) is 71.3 Å². The fourth-order valence-corrected chi connectivity index (χ4v) is 16.8. The normalized spacial score (nSPS) is 11.6. The van der Waals surface area contributed by atoms with Crippen LogP contribution in [0.25, 0.3) is 200 Å². The van der Waals surface area contributed by atoms with Gasteiger partial charge in [-0.25, -0.2) is 19.9 Å². The van der Waals surface area contributed by atoms with Gasteiger partial charge in [0.2, 0.25) is 0 Å². The molecule has 0 saturated carbocycles. The van der Waals surface area contributed by atoms with Crippen molar-refractivity contribution in [3.63, 3.8) is 0 Å². The zero-order chi connectivity index (χ0) is 74.0. The van der Waals surface area contributed by atoms with Crippen LogP contribution < -0.4 is 0 Å². The monoisotopic (exact) mass is 1430 g/mol. The van der Waals surface area contributed by atoms with Crippen LogP contribution in [0, 0.1) is 0 Å². The van der Waals surface area contributed by atoms with Gasteiger partial charge in [0.1, 0.15) is 11.6 Å². The molecule has 0 amide bonds. The van der Waals surface area contributed by atoms with Gasteiger partial charge in [0.05, 0.1) is 55.5 Å². The van der Waals surface area contributed by atoms with Gasteiger partial charge in [-0.05, 0) is 136 Å². The highest BCUT2D eigenvalue weighted by Crippen LogP contribution is 2.46. The van der Waals surface area contributed by atoms with E-state index in [2.05, 4.69) is 425 Å². The largest absolute Gasteiger partial charge is 0.309 e. The first-order valence-electron chi connectivity index (χ1n) is 38.0. The molecule has 6 heterocycles. The quantitative estimate of drug-likeness (QED) is 0.122. The maximum atomic E-state index is 5.43. The lowest BCUT2D eigenvalue weighted by atomic mass is 10.0. The number of benzene rings is 16. The molecular formula is C104H68N8. The third kappa shape index (κ3) is 11.4. The van der Waals surface area contributed by atoms with Crippen LogP contribution in [0.4, 0.5) is 0 Å². The standard InChI is InChI=1S/2C52H34N4/c1-4-16-35(17-5-1)37-20-14-22-39(32-37)44-34-49(54-52(53-44)40-23-15-21-38(33-40)36-18-6-2-7-19-36)56-46-29-13-11-27-43(46)51-48(56)31-30-47-50(51)42-26-10-12-28-45(42)55(47)41-24-8-3-9-25-41;1-4-15-35(16-5-1)37-27-29-38(30-28-37)44-34-49(54-52(53-44)40-20-14-19-39(33-40)36-17-6-2-7-18-36)56-46-26-13-11-24-43(46)51-48(56)32-31-47-50(51)42-23-10-12-25-45(42)55(47)41-21-8-3-9-22-41/h2*1-34H. The Kier molecular flexibility index (Phi) is 16.1. The Morgan fingerprint density at radius 2 is 0.402 bits per heavy atom. The van der Waals surface area contributed by atoms with Crippen LogP contribution in [0.1, 0.15) is 0 Å². The first-order chi connectivity index (χ1) is 55.6. The fourth-order valence-electron chi connectivity index (χ4n) is 16.8. The molecule has 0 fully saturated rings. The first-order valence-corrected chi connectivity index (χ1v) is 38.0. The van der Waals surface area contributed by atoms with Gasteiger partial charge in [-0.3, -0.25) is 9.13 Å². The summed E-state index contributed by atoms with van der Waals surface area (Å²) in [6.07, 6.45) is 0. The van der Waals surface area contributed by atoms with E-state index < -0.39 is 0 Å². The van der Waals surface area contributed by atoms with Crippen molar-refractivity contribution >= 4 is 87.2 Å². The third-order valence-corrected chi connectivity index (χ3v) is 21.9. The van der Waals surface area contributed by atoms with E-state index >= 15 is 0 Å². The molecule has 8 nitrogen and oxygen atoms in total. The van der Waals surface area contributed by atoms with Gasteiger partial charge < -0.3 is 9.13 Å². The molecule has 22 rings (SSSR count). The van der Waals surface area contributed by atoms with Gasteiger partial charge in [0, 0.05) is 88.9 Å². The Balaban J connectivity index is 0.000000141. The minimum atomic E-state index is 0.674. The van der Waals surface area contributed by atoms with Crippen molar-refractivity contribution in [1.82, 2.24) is 38.2 Å². The SMILES string of the molecule is c1ccc(-c2ccc(-c3cc(-n4c5ccccc5c5c6c7ccccc7n(-c7ccccc7)c6ccc54)nc(-c4cccc(-c5ccccc5)c4)n3)cc2)cc1.c1ccc(-c2cccc(-c3cc(-n4c5ccccc5c5c6c7ccccc7n(-c7ccccc7)c6ccc54)nc(-c4cccc(-c5ccccc5)c4)n3)c2)cc1. The molecule has 0 aliphatic heterocycles. The Hall–Kier alpha value is -15.1. The van der Waals surface area contributed by atoms with E-state index in [4.69, 9.17) is 19.9 Å². The molecule has 6 aromatic heterocycles. The smallest absolute Gasteiger partial charge is 0.162 e. The van der Waals surface area contributed by atoms with Crippen molar-refractivity contribution in [2.75, 3.05) is 0 Å². The molecule has 0 radical (unpaired) electrons. The Morgan fingerprint density at radius 1 is 0.152 bits per heavy atom. The molecule has 0 spiro atoms. The van der Waals surface area contributed by atoms with Crippen LogP contribution in [-0.2, 0) is 0 Å². The molecule has 22 aromatic rings. The molecular weight excluding hydrogens is 1360 g/mol. The van der Waals surface area contributed by atoms with Gasteiger partial charge in [0.25, 0.3) is 0 Å². The maximum absolute atomic E-state index is 5.43. The zero-order valence-electron chi connectivity index (χ0n) is 60.8. The van der Waals surface area contributed by atoms with E-state index in [0.29, 0.717) is 11.6 Å². The lowest BCUT2D eigenvalue weighted by Gasteiger charge is -2.13. The highest BCUT2D eigenvalue weighted by molar-refractivity contribution is 6.30. The Morgan fingerprint density at radius 3 is 0.768 bits per heavy atom. The summed E-state index contributed by atoms with van der Waals surface area (Å²) in [6.45, 7) is 0. The molecule has 524 valence electrons. The molecule has 112 heavy (non-hydrogen) atoms. The predicted octanol–water partition coefficient (Wildman–Crippen LogP) is 26.7. The van der Waals surface area contributed by atoms with E-state index in [1.807, 2.05) is 6.07 Å². The van der Waals surface area contributed by atoms with E-state index in [0.717, 1.165) is 107 Å². The number of aromatic nitrogens is 8. The summed E-state index contributed by atoms with van der Waals surface area (Å²) in [7, 11) is 0. The number of hydrogen-bond donors (Lipinski definition) is 0. The van der Waals surface area contributed by atoms with Gasteiger partial charge in [-0.1, -0.05) is 309 Å². The van der Waals surface area contributed by atoms with Crippen molar-refractivity contribution in [1.29, 1.82) is 0 Å². The summed E-state index contributed by atoms with van der Waals surface area (Å²) in [4.78, 5) is 21.4. The average molecular weight is 1430 g/mol. The van der Waals surface area contributed by atoms with E-state index in [1.54, 1.807) is 0 Å². The van der Waals surface area contributed by atoms with Crippen molar-refractivity contribution in [2.45, 2.75) is 0 Å². The molecule has 0 bridgehead atoms. The number of nitrogens with zero attached hydrogens (tertiary/aromatic N) is 8. The average Bonchev–Trinajstić information content (AvgIpc) is 1.55. The molecule has 0 atom stereocenters. The number of fused-ring (bicyclic) bond motifs is 14. The van der Waals surface area contributed by atoms with E-state index in [1.165, 1.54) is 81.8 Å². The Bertz CT molecular complexity index is 7230. The number of hydrogen-bond acceptors (Lipinski definition) is 4. The lowest BCUT2D eigenvalue weighted by Crippen LogP contribution is -2.02. The van der Waals surface area contributed by atoms with Gasteiger partial charge in [0.15, 0.2) is 11.6 Å². The van der Waals surface area contributed by atoms with Crippen molar-refractivity contribution in [3.05, 3.63) is 413 Å². The van der Waals surface area contributed by atoms with Crippen LogP contribution in [0.2, 0.25) is 0 Å². The van der Waals surface area contributed by atoms with E-state index in [9.17, 15) is 0 Å². The van der Waals surface area contributed by atoms with Crippen LogP contribution >= 0.6 is 0 Å². The van der Waals surface area contributed by atoms with Crippen LogP contribution in [0.3, 0.4) is 0 Å². The Labute approximate surface area is 646 Å². The second kappa shape index (κ2) is 27.6. The second-order valence-electron chi connectivity index (χ2n) is 28.4. The molecule has 8 heteroatoms. The lowest BCUT2D eigenvalue weighted by molar-refractivity contribution is 1.05. The van der Waals surface area contributed by atoms with Crippen LogP contribution in [-0.4, -0.2) is 38.2 Å². The molecule has 0 unspecified atom stereocenters. The molecule has 0 aliphatic rings. The fraction of sp³-hybridized carbons (Fsp3) is 0. The summed E-state index contributed by atoms with van der Waals surface area (Å²) in [5.74, 6) is 2.99. The minimum absolute atomic E-state index is 0.674. The maximum Gasteiger partial charge on any atom is 0.162 e. The second-order valence-corrected chi connectivity index (χ2v) is 28.4. The van der Waals surface area contributed by atoms with Crippen molar-refractivity contribution in [3.8, 4) is 113 Å². The summed E-state index contributed by atoms with van der Waals surface area (Å²) in [6, 6.07) is 146. The first kappa shape index (κ1) is 65.2. The van der Waals surface area contributed by atoms with Gasteiger partial charge in [-0.15, -0.1) is 0 Å². The van der Waals surface area contributed by atoms with Crippen molar-refractivity contribution < 1.29 is 0 Å². The molecule has 16 aromatic carbocycles. The molecule has 0 aliphatic carbocycles. The van der Waals surface area contributed by atoms with Gasteiger partial charge >= 0.3 is 0 Å². The number of para-hydroxylation sites is 6. The van der Waals surface area contributed by atoms with Crippen LogP contribution in [0.5, 0.6) is 0 Å². The zero-order valence-corrected chi connectivity index (χ0v) is 60.8. The van der Waals surface area contributed by atoms with Crippen LogP contribution in [0.15, 0.2) is 413 Å². The highest BCUT2D eigenvalue weighted by Gasteiger charge is 2.25. The summed E-state index contributed by atoms with van der Waals surface area (Å²) >= 11 is 0. The summed E-state index contributed by atoms with van der Waals surface area (Å²) < 4.78 is 9.43. The molecule has 0 N–H and O–H groups in total. The predicted molar refractivity (Wildman–Crippen MR) is 465 cm³/mol. The third-order valence-electron chi connectivity index (χ3n) is 21.9. The molecule has 0 saturated heterocycles. The minimum Gasteiger partial charge on any atom is -0.309 e. The number of rotatable bonds is 12. The highest BCUT2D eigenvalue weighted by atomic mass is 15.1. The van der Waals surface area contributed by atoms with E-state index in [-0.39, 0.29) is 0 Å². The van der Waals surface area contributed by atoms with Gasteiger partial charge in [-0.2, -0.15) is 0 Å². The van der Waals surface area contributed by atoms with Crippen molar-refractivity contribution in [2.24, 2.45) is 0 Å². The summed E-state index contributed by atoms with van der Waals surface area (Å²) in [5.41, 5.74) is 26.3.